The van der Waals surface area contributed by atoms with Gasteiger partial charge in [-0.1, -0.05) is 18.2 Å². The number of hydrogen-bond donors (Lipinski definition) is 6. The molecule has 0 spiro atoms. The summed E-state index contributed by atoms with van der Waals surface area (Å²) in [7, 11) is 0. The fourth-order valence-corrected chi connectivity index (χ4v) is 4.60. The van der Waals surface area contributed by atoms with Crippen molar-refractivity contribution in [3.05, 3.63) is 48.7 Å². The molecule has 0 saturated carbocycles. The number of aliphatic carboxylic acids is 1. The number of nitrogens with zero attached hydrogens (tertiary/aromatic N) is 5. The zero-order valence-electron chi connectivity index (χ0n) is 19.3. The Morgan fingerprint density at radius 2 is 2.03 bits per heavy atom. The van der Waals surface area contributed by atoms with Crippen LogP contribution in [0, 0.1) is 0 Å². The molecule has 1 fully saturated rings. The highest BCUT2D eigenvalue weighted by Crippen LogP contribution is 2.33. The molecule has 4 heterocycles. The third kappa shape index (κ3) is 4.50. The molecule has 0 aliphatic carbocycles. The molecule has 3 aromatic heterocycles. The zero-order valence-corrected chi connectivity index (χ0v) is 19.3. The maximum absolute atomic E-state index is 11.3. The molecule has 13 heteroatoms. The normalized spacial score (nSPS) is 23.1. The number of fused-ring (bicyclic) bond motifs is 2. The minimum Gasteiger partial charge on any atom is -0.480 e. The van der Waals surface area contributed by atoms with Crippen LogP contribution < -0.4 is 11.5 Å². The van der Waals surface area contributed by atoms with Crippen molar-refractivity contribution in [3.63, 3.8) is 0 Å². The van der Waals surface area contributed by atoms with Crippen molar-refractivity contribution >= 4 is 33.9 Å². The number of carboxylic acid groups (broad SMARTS) is 1. The van der Waals surface area contributed by atoms with Gasteiger partial charge in [0.05, 0.1) is 6.33 Å². The van der Waals surface area contributed by atoms with Crippen LogP contribution in [0.4, 0.5) is 5.82 Å². The van der Waals surface area contributed by atoms with Crippen LogP contribution in [0.25, 0.3) is 22.1 Å². The first-order valence-electron chi connectivity index (χ1n) is 11.5. The SMILES string of the molecule is Nc1ncnc2c1ncn2[C@@H]1O[C@H](CN(CC[C@H](N)C(=O)O)Cc2c[nH]c3ccccc23)[C@@H](O)[C@H]1O. The second-order valence-electron chi connectivity index (χ2n) is 8.96. The number of nitrogen functional groups attached to an aromatic ring is 1. The van der Waals surface area contributed by atoms with Crippen LogP contribution in [0.3, 0.4) is 0 Å². The van der Waals surface area contributed by atoms with Crippen molar-refractivity contribution in [2.75, 3.05) is 18.8 Å². The predicted molar refractivity (Wildman–Crippen MR) is 129 cm³/mol. The number of imidazole rings is 1. The monoisotopic (exact) mass is 496 g/mol. The van der Waals surface area contributed by atoms with Crippen LogP contribution >= 0.6 is 0 Å². The highest BCUT2D eigenvalue weighted by atomic mass is 16.6. The van der Waals surface area contributed by atoms with Gasteiger partial charge in [0.15, 0.2) is 17.7 Å². The van der Waals surface area contributed by atoms with Gasteiger partial charge in [-0.25, -0.2) is 15.0 Å². The van der Waals surface area contributed by atoms with Gasteiger partial charge >= 0.3 is 5.97 Å². The van der Waals surface area contributed by atoms with Crippen LogP contribution in [0.2, 0.25) is 0 Å². The number of H-pyrrole nitrogens is 1. The molecule has 1 aliphatic rings. The summed E-state index contributed by atoms with van der Waals surface area (Å²) in [5.41, 5.74) is 14.4. The van der Waals surface area contributed by atoms with Gasteiger partial charge in [-0.2, -0.15) is 0 Å². The van der Waals surface area contributed by atoms with E-state index >= 15 is 0 Å². The molecule has 1 saturated heterocycles. The number of aliphatic hydroxyl groups excluding tert-OH is 2. The molecule has 0 unspecified atom stereocenters. The molecule has 0 amide bonds. The van der Waals surface area contributed by atoms with Gasteiger partial charge in [0.1, 0.15) is 36.2 Å². The minimum atomic E-state index is -1.25. The van der Waals surface area contributed by atoms with E-state index in [9.17, 15) is 20.1 Å². The Hall–Kier alpha value is -3.62. The average molecular weight is 497 g/mol. The Balaban J connectivity index is 1.37. The summed E-state index contributed by atoms with van der Waals surface area (Å²) in [6.07, 6.45) is 0.668. The summed E-state index contributed by atoms with van der Waals surface area (Å²) >= 11 is 0. The number of benzene rings is 1. The first-order chi connectivity index (χ1) is 17.3. The largest absolute Gasteiger partial charge is 0.480 e. The summed E-state index contributed by atoms with van der Waals surface area (Å²) in [6, 6.07) is 6.84. The van der Waals surface area contributed by atoms with E-state index in [0.29, 0.717) is 24.3 Å². The van der Waals surface area contributed by atoms with Crippen LogP contribution in [0.5, 0.6) is 0 Å². The number of para-hydroxylation sites is 1. The molecular weight excluding hydrogens is 468 g/mol. The second kappa shape index (κ2) is 9.79. The number of ether oxygens (including phenoxy) is 1. The van der Waals surface area contributed by atoms with E-state index in [1.807, 2.05) is 35.4 Å². The molecule has 0 bridgehead atoms. The van der Waals surface area contributed by atoms with Gasteiger partial charge in [-0.15, -0.1) is 0 Å². The fourth-order valence-electron chi connectivity index (χ4n) is 4.60. The number of nitrogens with one attached hydrogen (secondary N) is 1. The van der Waals surface area contributed by atoms with Crippen LogP contribution in [0.15, 0.2) is 43.1 Å². The molecule has 1 aromatic carbocycles. The number of aromatic nitrogens is 5. The van der Waals surface area contributed by atoms with Crippen LogP contribution in [-0.2, 0) is 16.1 Å². The first-order valence-corrected chi connectivity index (χ1v) is 11.5. The van der Waals surface area contributed by atoms with Crippen LogP contribution in [-0.4, -0.2) is 88.1 Å². The van der Waals surface area contributed by atoms with E-state index in [4.69, 9.17) is 16.2 Å². The molecule has 8 N–H and O–H groups in total. The van der Waals surface area contributed by atoms with Gasteiger partial charge in [0.2, 0.25) is 0 Å². The lowest BCUT2D eigenvalue weighted by Gasteiger charge is -2.27. The molecule has 4 aromatic rings. The number of nitrogens with two attached hydrogens (primary N) is 2. The number of aliphatic hydroxyl groups is 2. The predicted octanol–water partition coefficient (Wildman–Crippen LogP) is -0.187. The third-order valence-corrected chi connectivity index (χ3v) is 6.58. The van der Waals surface area contributed by atoms with E-state index in [1.54, 1.807) is 0 Å². The molecule has 0 radical (unpaired) electrons. The fraction of sp³-hybridized carbons (Fsp3) is 0.391. The Bertz CT molecular complexity index is 1370. The maximum atomic E-state index is 11.3. The molecule has 13 nitrogen and oxygen atoms in total. The highest BCUT2D eigenvalue weighted by molar-refractivity contribution is 5.83. The van der Waals surface area contributed by atoms with Crippen molar-refractivity contribution in [2.45, 2.75) is 43.5 Å². The van der Waals surface area contributed by atoms with Crippen molar-refractivity contribution in [3.8, 4) is 0 Å². The Labute approximate surface area is 205 Å². The number of carbonyl (C=O) groups is 1. The van der Waals surface area contributed by atoms with E-state index in [0.717, 1.165) is 16.5 Å². The van der Waals surface area contributed by atoms with Crippen molar-refractivity contribution in [2.24, 2.45) is 5.73 Å². The van der Waals surface area contributed by atoms with Gasteiger partial charge in [-0.05, 0) is 18.1 Å². The molecule has 5 atom stereocenters. The van der Waals surface area contributed by atoms with Crippen LogP contribution in [0.1, 0.15) is 18.2 Å². The van der Waals surface area contributed by atoms with Gasteiger partial charge in [0, 0.05) is 36.7 Å². The van der Waals surface area contributed by atoms with Crippen molar-refractivity contribution in [1.82, 2.24) is 29.4 Å². The lowest BCUT2D eigenvalue weighted by molar-refractivity contribution is -0.138. The van der Waals surface area contributed by atoms with E-state index in [2.05, 4.69) is 19.9 Å². The number of hydrogen-bond acceptors (Lipinski definition) is 10. The number of anilines is 1. The zero-order chi connectivity index (χ0) is 25.4. The number of aromatic amines is 1. The van der Waals surface area contributed by atoms with E-state index in [-0.39, 0.29) is 18.8 Å². The third-order valence-electron chi connectivity index (χ3n) is 6.58. The second-order valence-corrected chi connectivity index (χ2v) is 8.96. The summed E-state index contributed by atoms with van der Waals surface area (Å²) in [4.78, 5) is 28.8. The van der Waals surface area contributed by atoms with Crippen molar-refractivity contribution < 1.29 is 24.9 Å². The Morgan fingerprint density at radius 1 is 1.22 bits per heavy atom. The van der Waals surface area contributed by atoms with Gasteiger partial charge < -0.3 is 36.5 Å². The smallest absolute Gasteiger partial charge is 0.320 e. The van der Waals surface area contributed by atoms with Gasteiger partial charge in [-0.3, -0.25) is 14.3 Å². The number of carboxylic acids is 1. The average Bonchev–Trinajstić information content (AvgIpc) is 3.55. The summed E-state index contributed by atoms with van der Waals surface area (Å²) in [6.45, 7) is 1.03. The lowest BCUT2D eigenvalue weighted by Crippen LogP contribution is -2.42. The number of rotatable bonds is 9. The summed E-state index contributed by atoms with van der Waals surface area (Å²) in [5, 5.41) is 31.9. The topological polar surface area (TPSA) is 202 Å². The van der Waals surface area contributed by atoms with E-state index < -0.39 is 36.6 Å². The molecule has 1 aliphatic heterocycles. The van der Waals surface area contributed by atoms with E-state index in [1.165, 1.54) is 17.2 Å². The summed E-state index contributed by atoms with van der Waals surface area (Å²) < 4.78 is 7.61. The molecular formula is C23H28N8O5. The summed E-state index contributed by atoms with van der Waals surface area (Å²) in [5.74, 6) is -0.883. The first kappa shape index (κ1) is 24.1. The standard InChI is InChI=1S/C23H28N8O5/c24-14(23(34)35)5-6-30(8-12-7-26-15-4-2-1-3-13(12)15)9-16-18(32)19(33)22(36-16)31-11-29-17-20(25)27-10-28-21(17)31/h1-4,7,10-11,14,16,18-19,22,26,32-33H,5-6,8-9,24H2,(H,34,35)(H2,25,27,28)/t14-,16+,18+,19+,22+/m0/s1. The Morgan fingerprint density at radius 3 is 2.83 bits per heavy atom. The highest BCUT2D eigenvalue weighted by Gasteiger charge is 2.45. The Kier molecular flexibility index (Phi) is 6.55. The molecule has 5 rings (SSSR count). The maximum Gasteiger partial charge on any atom is 0.320 e. The minimum absolute atomic E-state index is 0.197. The lowest BCUT2D eigenvalue weighted by atomic mass is 10.1. The molecule has 36 heavy (non-hydrogen) atoms. The molecule has 190 valence electrons. The van der Waals surface area contributed by atoms with Gasteiger partial charge in [0.25, 0.3) is 0 Å². The van der Waals surface area contributed by atoms with Crippen molar-refractivity contribution in [1.29, 1.82) is 0 Å². The quantitative estimate of drug-likeness (QED) is 0.179.